The van der Waals surface area contributed by atoms with E-state index < -0.39 is 0 Å². The molecule has 1 aromatic heterocycles. The number of aromatic nitrogens is 3. The van der Waals surface area contributed by atoms with Gasteiger partial charge in [0.25, 0.3) is 0 Å². The second kappa shape index (κ2) is 4.53. The van der Waals surface area contributed by atoms with Gasteiger partial charge in [0.05, 0.1) is 11.4 Å². The molecule has 1 aromatic carbocycles. The molecule has 2 aromatic rings. The standard InChI is InChI=1S/C10H9BrFN3/c11-10(5-15-7-13-6-14-15)8-1-3-9(12)4-2-8/h1-4,6-7,10H,5H2. The lowest BCUT2D eigenvalue weighted by Crippen LogP contribution is -2.04. The van der Waals surface area contributed by atoms with Gasteiger partial charge in [0, 0.05) is 0 Å². The van der Waals surface area contributed by atoms with E-state index in [9.17, 15) is 4.39 Å². The Labute approximate surface area is 95.1 Å². The number of halogens is 2. The van der Waals surface area contributed by atoms with Gasteiger partial charge in [-0.05, 0) is 17.7 Å². The first-order valence-corrected chi connectivity index (χ1v) is 5.39. The van der Waals surface area contributed by atoms with E-state index in [0.29, 0.717) is 6.54 Å². The van der Waals surface area contributed by atoms with E-state index in [-0.39, 0.29) is 10.6 Å². The first-order valence-electron chi connectivity index (χ1n) is 4.47. The fourth-order valence-corrected chi connectivity index (χ4v) is 1.87. The van der Waals surface area contributed by atoms with E-state index in [4.69, 9.17) is 0 Å². The van der Waals surface area contributed by atoms with Gasteiger partial charge in [0.15, 0.2) is 0 Å². The van der Waals surface area contributed by atoms with Crippen molar-refractivity contribution in [3.63, 3.8) is 0 Å². The highest BCUT2D eigenvalue weighted by atomic mass is 79.9. The maximum absolute atomic E-state index is 12.7. The van der Waals surface area contributed by atoms with Crippen LogP contribution in [0.2, 0.25) is 0 Å². The average molecular weight is 270 g/mol. The molecule has 0 aliphatic carbocycles. The van der Waals surface area contributed by atoms with E-state index in [1.165, 1.54) is 18.5 Å². The summed E-state index contributed by atoms with van der Waals surface area (Å²) in [6.45, 7) is 0.672. The van der Waals surface area contributed by atoms with Gasteiger partial charge >= 0.3 is 0 Å². The zero-order valence-electron chi connectivity index (χ0n) is 7.85. The van der Waals surface area contributed by atoms with Gasteiger partial charge in [-0.25, -0.2) is 9.37 Å². The maximum atomic E-state index is 12.7. The molecule has 0 radical (unpaired) electrons. The first-order chi connectivity index (χ1) is 7.25. The Hall–Kier alpha value is -1.23. The van der Waals surface area contributed by atoms with Crippen LogP contribution in [0, 0.1) is 5.82 Å². The van der Waals surface area contributed by atoms with Crippen LogP contribution in [0.25, 0.3) is 0 Å². The smallest absolute Gasteiger partial charge is 0.137 e. The number of hydrogen-bond donors (Lipinski definition) is 0. The molecule has 1 atom stereocenters. The Bertz CT molecular complexity index is 413. The van der Waals surface area contributed by atoms with Gasteiger partial charge < -0.3 is 0 Å². The van der Waals surface area contributed by atoms with Crippen molar-refractivity contribution >= 4 is 15.9 Å². The predicted octanol–water partition coefficient (Wildman–Crippen LogP) is 2.55. The number of hydrogen-bond acceptors (Lipinski definition) is 2. The van der Waals surface area contributed by atoms with Gasteiger partial charge in [0.1, 0.15) is 18.5 Å². The highest BCUT2D eigenvalue weighted by molar-refractivity contribution is 9.09. The zero-order chi connectivity index (χ0) is 10.7. The molecule has 5 heteroatoms. The Kier molecular flexibility index (Phi) is 3.11. The third-order valence-electron chi connectivity index (χ3n) is 2.05. The molecule has 0 N–H and O–H groups in total. The fourth-order valence-electron chi connectivity index (χ4n) is 1.27. The molecule has 0 amide bonds. The summed E-state index contributed by atoms with van der Waals surface area (Å²) in [6, 6.07) is 6.41. The average Bonchev–Trinajstić information content (AvgIpc) is 2.71. The minimum atomic E-state index is -0.223. The summed E-state index contributed by atoms with van der Waals surface area (Å²) in [5.41, 5.74) is 1.02. The van der Waals surface area contributed by atoms with Crippen LogP contribution in [0.15, 0.2) is 36.9 Å². The van der Waals surface area contributed by atoms with Gasteiger partial charge in [-0.15, -0.1) is 0 Å². The Morgan fingerprint density at radius 1 is 1.33 bits per heavy atom. The number of alkyl halides is 1. The molecule has 1 heterocycles. The van der Waals surface area contributed by atoms with E-state index in [1.807, 2.05) is 0 Å². The van der Waals surface area contributed by atoms with Crippen LogP contribution >= 0.6 is 15.9 Å². The molecule has 0 bridgehead atoms. The maximum Gasteiger partial charge on any atom is 0.137 e. The molecular weight excluding hydrogens is 261 g/mol. The quantitative estimate of drug-likeness (QED) is 0.802. The molecule has 0 spiro atoms. The molecule has 1 unspecified atom stereocenters. The van der Waals surface area contributed by atoms with Gasteiger partial charge in [0.2, 0.25) is 0 Å². The van der Waals surface area contributed by atoms with Crippen molar-refractivity contribution in [2.45, 2.75) is 11.4 Å². The van der Waals surface area contributed by atoms with Crippen LogP contribution in [0.4, 0.5) is 4.39 Å². The minimum absolute atomic E-state index is 0.111. The fraction of sp³-hybridized carbons (Fsp3) is 0.200. The Balaban J connectivity index is 2.08. The summed E-state index contributed by atoms with van der Waals surface area (Å²) in [7, 11) is 0. The van der Waals surface area contributed by atoms with Crippen LogP contribution in [-0.4, -0.2) is 14.8 Å². The summed E-state index contributed by atoms with van der Waals surface area (Å²) < 4.78 is 14.4. The van der Waals surface area contributed by atoms with Crippen molar-refractivity contribution in [1.29, 1.82) is 0 Å². The van der Waals surface area contributed by atoms with Gasteiger partial charge in [-0.2, -0.15) is 5.10 Å². The van der Waals surface area contributed by atoms with Crippen molar-refractivity contribution in [2.24, 2.45) is 0 Å². The normalized spacial score (nSPS) is 12.7. The first kappa shape index (κ1) is 10.3. The largest absolute Gasteiger partial charge is 0.252 e. The summed E-state index contributed by atoms with van der Waals surface area (Å²) >= 11 is 3.52. The molecule has 15 heavy (non-hydrogen) atoms. The second-order valence-electron chi connectivity index (χ2n) is 3.14. The molecule has 0 saturated carbocycles. The van der Waals surface area contributed by atoms with Crippen LogP contribution in [0.3, 0.4) is 0 Å². The Morgan fingerprint density at radius 2 is 2.07 bits per heavy atom. The molecule has 0 fully saturated rings. The van der Waals surface area contributed by atoms with Crippen LogP contribution in [0.1, 0.15) is 10.4 Å². The van der Waals surface area contributed by atoms with Crippen molar-refractivity contribution in [3.8, 4) is 0 Å². The second-order valence-corrected chi connectivity index (χ2v) is 4.24. The lowest BCUT2D eigenvalue weighted by Gasteiger charge is -2.09. The van der Waals surface area contributed by atoms with E-state index >= 15 is 0 Å². The summed E-state index contributed by atoms with van der Waals surface area (Å²) in [5.74, 6) is -0.223. The molecule has 0 aliphatic heterocycles. The molecule has 3 nitrogen and oxygen atoms in total. The molecule has 0 saturated heterocycles. The van der Waals surface area contributed by atoms with Crippen molar-refractivity contribution in [3.05, 3.63) is 48.3 Å². The lowest BCUT2D eigenvalue weighted by atomic mass is 10.1. The monoisotopic (exact) mass is 269 g/mol. The van der Waals surface area contributed by atoms with E-state index in [1.54, 1.807) is 23.1 Å². The number of rotatable bonds is 3. The summed E-state index contributed by atoms with van der Waals surface area (Å²) in [6.07, 6.45) is 3.14. The Morgan fingerprint density at radius 3 is 2.67 bits per heavy atom. The van der Waals surface area contributed by atoms with Crippen LogP contribution < -0.4 is 0 Å². The molecular formula is C10H9BrFN3. The van der Waals surface area contributed by atoms with Gasteiger partial charge in [-0.3, -0.25) is 4.68 Å². The van der Waals surface area contributed by atoms with Crippen LogP contribution in [-0.2, 0) is 6.54 Å². The zero-order valence-corrected chi connectivity index (χ0v) is 9.43. The summed E-state index contributed by atoms with van der Waals surface area (Å²) in [4.78, 5) is 3.96. The minimum Gasteiger partial charge on any atom is -0.252 e. The SMILES string of the molecule is Fc1ccc(C(Br)Cn2cncn2)cc1. The molecule has 0 aliphatic rings. The topological polar surface area (TPSA) is 30.7 Å². The summed E-state index contributed by atoms with van der Waals surface area (Å²) in [5, 5.41) is 4.00. The third kappa shape index (κ3) is 2.62. The molecule has 2 rings (SSSR count). The highest BCUT2D eigenvalue weighted by Gasteiger charge is 2.08. The molecule has 78 valence electrons. The number of benzene rings is 1. The van der Waals surface area contributed by atoms with Crippen LogP contribution in [0.5, 0.6) is 0 Å². The lowest BCUT2D eigenvalue weighted by molar-refractivity contribution is 0.605. The highest BCUT2D eigenvalue weighted by Crippen LogP contribution is 2.24. The van der Waals surface area contributed by atoms with E-state index in [0.717, 1.165) is 5.56 Å². The van der Waals surface area contributed by atoms with E-state index in [2.05, 4.69) is 26.0 Å². The van der Waals surface area contributed by atoms with Crippen molar-refractivity contribution < 1.29 is 4.39 Å². The third-order valence-corrected chi connectivity index (χ3v) is 2.86. The van der Waals surface area contributed by atoms with Crippen molar-refractivity contribution in [2.75, 3.05) is 0 Å². The number of nitrogens with zero attached hydrogens (tertiary/aromatic N) is 3. The predicted molar refractivity (Wildman–Crippen MR) is 58.1 cm³/mol. The van der Waals surface area contributed by atoms with Crippen molar-refractivity contribution in [1.82, 2.24) is 14.8 Å². The van der Waals surface area contributed by atoms with Gasteiger partial charge in [-0.1, -0.05) is 28.1 Å².